The van der Waals surface area contributed by atoms with Gasteiger partial charge < -0.3 is 25.2 Å². The molecule has 19 heavy (non-hydrogen) atoms. The Morgan fingerprint density at radius 2 is 2.05 bits per heavy atom. The summed E-state index contributed by atoms with van der Waals surface area (Å²) in [4.78, 5) is 24.5. The molecule has 9 nitrogen and oxygen atoms in total. The van der Waals surface area contributed by atoms with E-state index >= 15 is 0 Å². The third-order valence-corrected chi connectivity index (χ3v) is 2.97. The Balaban J connectivity index is 2.31. The first-order valence-corrected chi connectivity index (χ1v) is 5.57. The minimum absolute atomic E-state index is 0.610. The molecule has 0 spiro atoms. The molecule has 1 fully saturated rings. The van der Waals surface area contributed by atoms with Crippen molar-refractivity contribution in [3.63, 3.8) is 0 Å². The molecule has 0 saturated carbocycles. The number of H-pyrrole nitrogens is 1. The lowest BCUT2D eigenvalue weighted by molar-refractivity contribution is -0.0982. The van der Waals surface area contributed by atoms with E-state index in [1.165, 1.54) is 0 Å². The Kier molecular flexibility index (Phi) is 3.83. The van der Waals surface area contributed by atoms with Crippen LogP contribution in [0, 0.1) is 0 Å². The van der Waals surface area contributed by atoms with Gasteiger partial charge in [0, 0.05) is 12.3 Å². The molecule has 9 heteroatoms. The summed E-state index contributed by atoms with van der Waals surface area (Å²) in [6.07, 6.45) is -5.72. The summed E-state index contributed by atoms with van der Waals surface area (Å²) in [6, 6.07) is 1.06. The van der Waals surface area contributed by atoms with Crippen molar-refractivity contribution in [2.24, 2.45) is 0 Å². The van der Waals surface area contributed by atoms with E-state index in [0.717, 1.165) is 16.8 Å². The van der Waals surface area contributed by atoms with Crippen LogP contribution in [-0.2, 0) is 4.74 Å². The lowest BCUT2D eigenvalue weighted by atomic mass is 10.1. The second-order valence-electron chi connectivity index (χ2n) is 4.24. The maximum absolute atomic E-state index is 11.5. The van der Waals surface area contributed by atoms with E-state index in [9.17, 15) is 24.9 Å². The molecule has 0 amide bonds. The van der Waals surface area contributed by atoms with E-state index in [-0.39, 0.29) is 0 Å². The van der Waals surface area contributed by atoms with E-state index < -0.39 is 48.5 Å². The standard InChI is InChI=1S/C10H14N2O7/c13-3-4(14)8-6(16)7(17)9(19-8)12-2-1-5(15)11-10(12)18/h1-2,4,6-9,13-14,16-17H,3H2,(H,11,15,18)/t4-,6+,7+,8+,9-/m1/s1. The van der Waals surface area contributed by atoms with Gasteiger partial charge in [0.1, 0.15) is 24.4 Å². The number of aliphatic hydroxyl groups is 4. The molecule has 1 aromatic rings. The Morgan fingerprint density at radius 1 is 1.37 bits per heavy atom. The number of aromatic amines is 1. The van der Waals surface area contributed by atoms with Crippen LogP contribution in [0.3, 0.4) is 0 Å². The number of aromatic nitrogens is 2. The summed E-state index contributed by atoms with van der Waals surface area (Å²) in [5.74, 6) is 0. The van der Waals surface area contributed by atoms with Crippen LogP contribution in [0.5, 0.6) is 0 Å². The second kappa shape index (κ2) is 5.23. The summed E-state index contributed by atoms with van der Waals surface area (Å²) >= 11 is 0. The fraction of sp³-hybridized carbons (Fsp3) is 0.600. The van der Waals surface area contributed by atoms with Crippen LogP contribution in [0.1, 0.15) is 6.23 Å². The van der Waals surface area contributed by atoms with Gasteiger partial charge in [-0.1, -0.05) is 0 Å². The Bertz CT molecular complexity index is 553. The quantitative estimate of drug-likeness (QED) is 0.384. The van der Waals surface area contributed by atoms with Crippen molar-refractivity contribution in [3.05, 3.63) is 33.1 Å². The SMILES string of the molecule is O=c1ccn([C@@H]2O[C@@H]([C@H](O)CO)[C@@H](O)[C@@H]2O)c(=O)[nH]1. The smallest absolute Gasteiger partial charge is 0.330 e. The van der Waals surface area contributed by atoms with Gasteiger partial charge in [-0.2, -0.15) is 0 Å². The Hall–Kier alpha value is -1.52. The molecular formula is C10H14N2O7. The molecule has 1 aromatic heterocycles. The van der Waals surface area contributed by atoms with Crippen LogP contribution in [0.15, 0.2) is 21.9 Å². The molecule has 1 aliphatic rings. The van der Waals surface area contributed by atoms with Gasteiger partial charge in [0.05, 0.1) is 6.61 Å². The average Bonchev–Trinajstić information content (AvgIpc) is 2.66. The number of nitrogens with one attached hydrogen (secondary N) is 1. The van der Waals surface area contributed by atoms with Gasteiger partial charge >= 0.3 is 5.69 Å². The summed E-state index contributed by atoms with van der Waals surface area (Å²) < 4.78 is 6.06. The van der Waals surface area contributed by atoms with Gasteiger partial charge in [-0.25, -0.2) is 4.79 Å². The van der Waals surface area contributed by atoms with Crippen LogP contribution in [0.4, 0.5) is 0 Å². The normalized spacial score (nSPS) is 32.4. The maximum Gasteiger partial charge on any atom is 0.330 e. The van der Waals surface area contributed by atoms with Crippen molar-refractivity contribution in [1.82, 2.24) is 9.55 Å². The largest absolute Gasteiger partial charge is 0.394 e. The molecule has 5 N–H and O–H groups in total. The highest BCUT2D eigenvalue weighted by atomic mass is 16.6. The van der Waals surface area contributed by atoms with Crippen LogP contribution in [0.2, 0.25) is 0 Å². The molecule has 0 radical (unpaired) electrons. The Labute approximate surface area is 106 Å². The van der Waals surface area contributed by atoms with E-state index in [2.05, 4.69) is 0 Å². The molecule has 5 atom stereocenters. The molecule has 0 aromatic carbocycles. The summed E-state index contributed by atoms with van der Waals surface area (Å²) in [5, 5.41) is 37.7. The molecule has 0 bridgehead atoms. The van der Waals surface area contributed by atoms with Gasteiger partial charge in [0.25, 0.3) is 5.56 Å². The highest BCUT2D eigenvalue weighted by molar-refractivity contribution is 4.95. The van der Waals surface area contributed by atoms with Gasteiger partial charge in [0.15, 0.2) is 6.23 Å². The molecule has 0 aliphatic carbocycles. The van der Waals surface area contributed by atoms with Gasteiger partial charge in [-0.05, 0) is 0 Å². The van der Waals surface area contributed by atoms with Gasteiger partial charge in [0.2, 0.25) is 0 Å². The summed E-state index contributed by atoms with van der Waals surface area (Å²) in [7, 11) is 0. The number of ether oxygens (including phenoxy) is 1. The van der Waals surface area contributed by atoms with Crippen molar-refractivity contribution < 1.29 is 25.2 Å². The Morgan fingerprint density at radius 3 is 2.63 bits per heavy atom. The van der Waals surface area contributed by atoms with Crippen LogP contribution >= 0.6 is 0 Å². The van der Waals surface area contributed by atoms with Crippen molar-refractivity contribution in [2.45, 2.75) is 30.6 Å². The fourth-order valence-electron chi connectivity index (χ4n) is 1.97. The molecule has 1 saturated heterocycles. The lowest BCUT2D eigenvalue weighted by Crippen LogP contribution is -2.40. The minimum atomic E-state index is -1.48. The zero-order chi connectivity index (χ0) is 14.2. The van der Waals surface area contributed by atoms with E-state index in [1.54, 1.807) is 0 Å². The first kappa shape index (κ1) is 13.9. The topological polar surface area (TPSA) is 145 Å². The monoisotopic (exact) mass is 274 g/mol. The molecule has 2 heterocycles. The first-order chi connectivity index (χ1) is 8.95. The molecule has 0 unspecified atom stereocenters. The number of rotatable bonds is 3. The highest BCUT2D eigenvalue weighted by Gasteiger charge is 2.46. The number of hydrogen-bond donors (Lipinski definition) is 5. The predicted molar refractivity (Wildman–Crippen MR) is 60.3 cm³/mol. The van der Waals surface area contributed by atoms with Crippen molar-refractivity contribution in [3.8, 4) is 0 Å². The van der Waals surface area contributed by atoms with Gasteiger partial charge in [-0.3, -0.25) is 14.3 Å². The summed E-state index contributed by atoms with van der Waals surface area (Å²) in [6.45, 7) is -0.665. The van der Waals surface area contributed by atoms with Gasteiger partial charge in [-0.15, -0.1) is 0 Å². The van der Waals surface area contributed by atoms with E-state index in [0.29, 0.717) is 0 Å². The zero-order valence-electron chi connectivity index (χ0n) is 9.71. The second-order valence-corrected chi connectivity index (χ2v) is 4.24. The summed E-state index contributed by atoms with van der Waals surface area (Å²) in [5.41, 5.74) is -1.43. The van der Waals surface area contributed by atoms with Crippen LogP contribution in [0.25, 0.3) is 0 Å². The first-order valence-electron chi connectivity index (χ1n) is 5.57. The average molecular weight is 274 g/mol. The molecule has 106 valence electrons. The number of aliphatic hydroxyl groups excluding tert-OH is 4. The van der Waals surface area contributed by atoms with Crippen molar-refractivity contribution in [2.75, 3.05) is 6.61 Å². The number of hydrogen-bond acceptors (Lipinski definition) is 7. The zero-order valence-corrected chi connectivity index (χ0v) is 9.71. The van der Waals surface area contributed by atoms with Crippen LogP contribution < -0.4 is 11.2 Å². The van der Waals surface area contributed by atoms with Crippen molar-refractivity contribution >= 4 is 0 Å². The minimum Gasteiger partial charge on any atom is -0.394 e. The molecule has 2 rings (SSSR count). The number of nitrogens with zero attached hydrogens (tertiary/aromatic N) is 1. The molecule has 1 aliphatic heterocycles. The highest BCUT2D eigenvalue weighted by Crippen LogP contribution is 2.29. The van der Waals surface area contributed by atoms with Crippen molar-refractivity contribution in [1.29, 1.82) is 0 Å². The van der Waals surface area contributed by atoms with Crippen LogP contribution in [-0.4, -0.2) is 61.0 Å². The van der Waals surface area contributed by atoms with E-state index in [4.69, 9.17) is 9.84 Å². The predicted octanol–water partition coefficient (Wildman–Crippen LogP) is -3.49. The maximum atomic E-state index is 11.5. The third kappa shape index (κ3) is 2.46. The lowest BCUT2D eigenvalue weighted by Gasteiger charge is -2.18. The third-order valence-electron chi connectivity index (χ3n) is 2.97. The fourth-order valence-corrected chi connectivity index (χ4v) is 1.97. The van der Waals surface area contributed by atoms with E-state index in [1.807, 2.05) is 4.98 Å². The molecular weight excluding hydrogens is 260 g/mol.